The molecule has 0 amide bonds. The lowest BCUT2D eigenvalue weighted by Gasteiger charge is -2.29. The summed E-state index contributed by atoms with van der Waals surface area (Å²) in [6.07, 6.45) is 3.38. The second-order valence-corrected chi connectivity index (χ2v) is 37.6. The molecule has 10 heterocycles. The van der Waals surface area contributed by atoms with Gasteiger partial charge in [0.15, 0.2) is 21.7 Å². The van der Waals surface area contributed by atoms with Crippen LogP contribution in [0, 0.1) is 33.5 Å². The first-order valence-corrected chi connectivity index (χ1v) is 42.3. The van der Waals surface area contributed by atoms with Crippen molar-refractivity contribution in [2.45, 2.75) is 127 Å². The van der Waals surface area contributed by atoms with Crippen molar-refractivity contribution in [3.8, 4) is 34.5 Å². The van der Waals surface area contributed by atoms with Gasteiger partial charge in [-0.3, -0.25) is 0 Å². The van der Waals surface area contributed by atoms with Crippen LogP contribution in [0.3, 0.4) is 0 Å². The highest BCUT2D eigenvalue weighted by Crippen LogP contribution is 2.47. The minimum absolute atomic E-state index is 0.0356. The fourth-order valence-electron chi connectivity index (χ4n) is 12.2. The first-order chi connectivity index (χ1) is 54.7. The first-order valence-electron chi connectivity index (χ1n) is 33.8. The summed E-state index contributed by atoms with van der Waals surface area (Å²) in [5, 5.41) is 136. The lowest BCUT2D eigenvalue weighted by Crippen LogP contribution is -2.41. The van der Waals surface area contributed by atoms with Crippen molar-refractivity contribution in [2.75, 3.05) is 35.8 Å². The van der Waals surface area contributed by atoms with Gasteiger partial charge in [0.1, 0.15) is 68.1 Å². The zero-order valence-corrected chi connectivity index (χ0v) is 68.8. The molecule has 15 rings (SSSR count). The number of nitrogens with zero attached hydrogens (tertiary/aromatic N) is 10. The number of benzene rings is 5. The number of hydrogen-bond acceptors (Lipinski definition) is 41. The summed E-state index contributed by atoms with van der Waals surface area (Å²) in [6, 6.07) is 13.7. The fourth-order valence-corrected chi connectivity index (χ4v) is 21.9. The normalized spacial score (nSPS) is 16.8. The molecule has 5 aromatic carbocycles. The number of fused-ring (bicyclic) bond motifs is 5. The summed E-state index contributed by atoms with van der Waals surface area (Å²) in [7, 11) is -4.34. The van der Waals surface area contributed by atoms with E-state index in [4.69, 9.17) is 56.7 Å². The number of carboxylic acid groups (broad SMARTS) is 5. The molecule has 5 aliphatic rings. The fraction of sp³-hybridized carbons (Fsp3) is 0.286. The number of carbonyl (C=O) groups is 5. The highest BCUT2D eigenvalue weighted by atomic mass is 32.2. The monoisotopic (exact) mass is 1760 g/mol. The number of halogens is 1. The molecule has 0 unspecified atom stereocenters. The zero-order valence-electron chi connectivity index (χ0n) is 60.6. The van der Waals surface area contributed by atoms with E-state index < -0.39 is 76.4 Å². The Labute approximate surface area is 694 Å². The predicted octanol–water partition coefficient (Wildman–Crippen LogP) is 7.00. The number of anilines is 5. The number of carboxylic acids is 5. The van der Waals surface area contributed by atoms with E-state index in [9.17, 15) is 79.0 Å². The molecule has 36 nitrogen and oxygen atoms in total. The van der Waals surface area contributed by atoms with Gasteiger partial charge in [-0.1, -0.05) is 165 Å². The lowest BCUT2D eigenvalue weighted by molar-refractivity contribution is 0.0681. The molecule has 5 atom stereocenters. The Morgan fingerprint density at radius 3 is 1.00 bits per heavy atom. The molecule has 5 aromatic heterocycles. The molecule has 0 bridgehead atoms. The Balaban J connectivity index is 0.000000142. The molecule has 20 N–H and O–H groups in total. The number of ether oxygens (including phenoxy) is 1. The maximum Gasteiger partial charge on any atom is 0.537 e. The summed E-state index contributed by atoms with van der Waals surface area (Å²) in [4.78, 5) is 57.3. The van der Waals surface area contributed by atoms with Gasteiger partial charge in [0.2, 0.25) is 25.7 Å². The van der Waals surface area contributed by atoms with Crippen LogP contribution in [0.2, 0.25) is 0 Å². The number of aromatic nitrogens is 10. The molecule has 0 saturated heterocycles. The Kier molecular flexibility index (Phi) is 28.5. The average molecular weight is 1760 g/mol. The third kappa shape index (κ3) is 20.6. The van der Waals surface area contributed by atoms with Gasteiger partial charge in [0.25, 0.3) is 0 Å². The van der Waals surface area contributed by atoms with Crippen LogP contribution in [-0.2, 0) is 38.5 Å². The molecule has 115 heavy (non-hydrogen) atoms. The third-order valence-corrected chi connectivity index (χ3v) is 27.7. The van der Waals surface area contributed by atoms with Crippen LogP contribution >= 0.6 is 115 Å². The number of aryl methyl sites for hydroxylation is 5. The third-order valence-electron chi connectivity index (χ3n) is 17.3. The summed E-state index contributed by atoms with van der Waals surface area (Å²) in [6.45, 7) is 8.52. The summed E-state index contributed by atoms with van der Waals surface area (Å²) >= 11 is 12.5. The van der Waals surface area contributed by atoms with E-state index in [0.29, 0.717) is 102 Å². The number of nitrogens with two attached hydrogens (primary N) is 5. The number of thioether (sulfide) groups is 5. The predicted molar refractivity (Wildman–Crippen MR) is 438 cm³/mol. The molecular weight excluding hydrogens is 1700 g/mol. The second kappa shape index (κ2) is 37.9. The Morgan fingerprint density at radius 1 is 0.417 bits per heavy atom. The van der Waals surface area contributed by atoms with Gasteiger partial charge >= 0.3 is 65.4 Å². The van der Waals surface area contributed by atoms with Crippen LogP contribution in [0.25, 0.3) is 0 Å². The van der Waals surface area contributed by atoms with Gasteiger partial charge < -0.3 is 107 Å². The van der Waals surface area contributed by atoms with Crippen LogP contribution in [0.5, 0.6) is 34.5 Å². The number of methoxy groups -OCH3 is 1. The van der Waals surface area contributed by atoms with Gasteiger partial charge in [-0.15, -0.1) is 51.0 Å². The Bertz CT molecular complexity index is 5190. The smallest absolute Gasteiger partial charge is 0.535 e. The minimum Gasteiger partial charge on any atom is -0.535 e. The van der Waals surface area contributed by atoms with Gasteiger partial charge in [0.05, 0.1) is 32.9 Å². The molecule has 0 fully saturated rings. The zero-order chi connectivity index (χ0) is 83.1. The number of rotatable bonds is 18. The van der Waals surface area contributed by atoms with Crippen molar-refractivity contribution in [2.24, 2.45) is 0 Å². The van der Waals surface area contributed by atoms with Crippen molar-refractivity contribution < 1.29 is 107 Å². The first kappa shape index (κ1) is 86.7. The van der Waals surface area contributed by atoms with E-state index in [1.165, 1.54) is 106 Å². The highest BCUT2D eigenvalue weighted by Gasteiger charge is 2.45. The van der Waals surface area contributed by atoms with Gasteiger partial charge in [0, 0.05) is 11.1 Å². The van der Waals surface area contributed by atoms with Crippen molar-refractivity contribution >= 4 is 207 Å². The summed E-state index contributed by atoms with van der Waals surface area (Å²) in [5.41, 5.74) is 33.6. The van der Waals surface area contributed by atoms with E-state index >= 15 is 0 Å². The van der Waals surface area contributed by atoms with E-state index in [1.54, 1.807) is 39.0 Å². The molecule has 0 radical (unpaired) electrons. The van der Waals surface area contributed by atoms with Crippen LogP contribution in [0.4, 0.5) is 30.0 Å². The number of aromatic carboxylic acids is 5. The molecule has 0 saturated carbocycles. The molecule has 0 spiro atoms. The van der Waals surface area contributed by atoms with Crippen molar-refractivity contribution in [1.82, 2.24) is 51.0 Å². The van der Waals surface area contributed by atoms with Crippen molar-refractivity contribution in [3.05, 3.63) is 138 Å². The molecule has 5 aliphatic heterocycles. The summed E-state index contributed by atoms with van der Waals surface area (Å²) < 4.78 is 50.0. The molecule has 10 aromatic rings. The van der Waals surface area contributed by atoms with Crippen LogP contribution in [0.1, 0.15) is 121 Å². The largest absolute Gasteiger partial charge is 0.537 e. The van der Waals surface area contributed by atoms with Gasteiger partial charge in [-0.2, -0.15) is 0 Å². The van der Waals surface area contributed by atoms with E-state index in [0.717, 1.165) is 57.8 Å². The van der Waals surface area contributed by atoms with Gasteiger partial charge in [-0.25, -0.2) is 28.4 Å². The highest BCUT2D eigenvalue weighted by molar-refractivity contribution is 8.04. The quantitative estimate of drug-likeness (QED) is 0.0384. The van der Waals surface area contributed by atoms with Crippen molar-refractivity contribution in [3.63, 3.8) is 0 Å². The minimum atomic E-state index is -1.29. The summed E-state index contributed by atoms with van der Waals surface area (Å²) in [5.74, 6) is -4.73. The molecule has 600 valence electrons. The maximum absolute atomic E-state index is 14.2. The standard InChI is InChI=1S/C14H16BN3O4S2.C13H14BN3O5S2.C12H11BFN3O4S2.2C12H12BN3O4S2/c1-2-3-7-4-5-8-6-9(23-14-18-17-13(16)24-14)15(21)22-11(8)10(7)12(19)20;1-5-3-7(21-2)6-4-8(23-13-17-16-12(15)24-13)14(20)22-10(6)9(5)11(18)19;1-4-2-6(14)5-3-7(22-12-17-16-11(15)23-12)13(20)21-9(5)8(4)10(18)19;2*1-5-2-3-6-4-7(21-12-16-15-11(14)22-12)13(19)20-9(6)8(5)10(17)18/h4-5,9,21H,2-3,6H2,1H3,(H2,16,17)(H,19,20);3,8,20H,4H2,1-2H3,(H2,15,16)(H,18,19);2,7,20H,3H2,1H3,(H2,15,16)(H,18,19);2*2-3,7,19H,4H2,1H3,(H2,14,15)(H,17,18)/t9-;8-;3*7-/m00000/s1. The van der Waals surface area contributed by atoms with E-state index in [1.807, 2.05) is 31.2 Å². The SMILES string of the molecule is CCCc1ccc2c(c1C(=O)O)OB(O)[C@@H](Sc1nnc(N)s1)C2.COc1cc(C)c(C(=O)O)c2c1C[C@H](Sc1nnc(N)s1)B(O)O2.Cc1cc(F)c2c(c1C(=O)O)OB(O)[C@@H](Sc1nnc(N)s1)C2.Cc1ccc2c(c1C(=O)O)OB(O)[C@@H](Sc1nnc(N)s1)C2.Cc1ccc2c(c1C(=O)O)OB(O)[C@@H](Sc1nnc(N)s1)C2. The molecule has 0 aliphatic carbocycles. The van der Waals surface area contributed by atoms with Crippen LogP contribution < -0.4 is 56.7 Å². The van der Waals surface area contributed by atoms with E-state index in [-0.39, 0.29) is 99.8 Å². The average Bonchev–Trinajstić information content (AvgIpc) is 1.44. The van der Waals surface area contributed by atoms with Crippen LogP contribution in [0.15, 0.2) is 70.2 Å². The van der Waals surface area contributed by atoms with Gasteiger partial charge in [-0.05, 0) is 123 Å². The van der Waals surface area contributed by atoms with E-state index in [2.05, 4.69) is 51.0 Å². The topological polar surface area (TPSA) is 602 Å². The Morgan fingerprint density at radius 2 is 0.696 bits per heavy atom. The van der Waals surface area contributed by atoms with Crippen LogP contribution in [-0.4, -0.2) is 200 Å². The Hall–Kier alpha value is -9.15. The van der Waals surface area contributed by atoms with Crippen molar-refractivity contribution in [1.29, 1.82) is 0 Å². The lowest BCUT2D eigenvalue weighted by atomic mass is 9.76. The maximum atomic E-state index is 14.2. The molecular formula is C63H65B5FN15O21S10. The number of nitrogen functional groups attached to an aromatic ring is 5. The second-order valence-electron chi connectivity index (χ2n) is 25.2. The number of hydrogen-bond donors (Lipinski definition) is 15. The molecule has 52 heteroatoms.